The average molecular weight is 341 g/mol. The Morgan fingerprint density at radius 2 is 2.17 bits per heavy atom. The van der Waals surface area contributed by atoms with Crippen LogP contribution in [0.5, 0.6) is 5.75 Å². The van der Waals surface area contributed by atoms with Crippen molar-refractivity contribution in [2.45, 2.75) is 25.4 Å². The van der Waals surface area contributed by atoms with E-state index in [1.807, 2.05) is 44.2 Å². The van der Waals surface area contributed by atoms with Gasteiger partial charge in [0.05, 0.1) is 18.4 Å². The molecule has 1 heterocycles. The second-order valence-corrected chi connectivity index (χ2v) is 6.25. The van der Waals surface area contributed by atoms with Crippen LogP contribution in [0.25, 0.3) is 0 Å². The van der Waals surface area contributed by atoms with Crippen LogP contribution >= 0.6 is 11.8 Å². The van der Waals surface area contributed by atoms with E-state index in [4.69, 9.17) is 4.74 Å². The lowest BCUT2D eigenvalue weighted by molar-refractivity contribution is -0.118. The number of nitrogens with zero attached hydrogens (tertiary/aromatic N) is 2. The maximum absolute atomic E-state index is 12.0. The minimum absolute atomic E-state index is 0.104. The Hall–Kier alpha value is -2.52. The average Bonchev–Trinajstić information content (AvgIpc) is 2.58. The third kappa shape index (κ3) is 4.74. The zero-order valence-electron chi connectivity index (χ0n) is 13.9. The molecule has 0 saturated heterocycles. The summed E-state index contributed by atoms with van der Waals surface area (Å²) in [4.78, 5) is 16.4. The van der Waals surface area contributed by atoms with Gasteiger partial charge in [-0.2, -0.15) is 5.26 Å². The Morgan fingerprint density at radius 3 is 2.88 bits per heavy atom. The van der Waals surface area contributed by atoms with E-state index in [0.29, 0.717) is 17.1 Å². The van der Waals surface area contributed by atoms with Gasteiger partial charge in [0.1, 0.15) is 16.8 Å². The van der Waals surface area contributed by atoms with Crippen molar-refractivity contribution in [3.8, 4) is 11.8 Å². The van der Waals surface area contributed by atoms with Gasteiger partial charge >= 0.3 is 0 Å². The summed E-state index contributed by atoms with van der Waals surface area (Å²) in [7, 11) is 1.61. The lowest BCUT2D eigenvalue weighted by atomic mass is 10.1. The Balaban J connectivity index is 1.93. The number of aromatic nitrogens is 1. The van der Waals surface area contributed by atoms with Gasteiger partial charge < -0.3 is 10.1 Å². The molecular weight excluding hydrogens is 322 g/mol. The molecule has 0 aliphatic rings. The van der Waals surface area contributed by atoms with Crippen molar-refractivity contribution in [2.24, 2.45) is 0 Å². The van der Waals surface area contributed by atoms with Gasteiger partial charge in [0.25, 0.3) is 0 Å². The molecule has 0 aliphatic heterocycles. The molecule has 2 rings (SSSR count). The predicted octanol–water partition coefficient (Wildman–Crippen LogP) is 2.99. The van der Waals surface area contributed by atoms with Gasteiger partial charge in [-0.1, -0.05) is 23.9 Å². The van der Waals surface area contributed by atoms with Crippen molar-refractivity contribution in [1.82, 2.24) is 10.3 Å². The van der Waals surface area contributed by atoms with Gasteiger partial charge in [-0.15, -0.1) is 0 Å². The van der Waals surface area contributed by atoms with Crippen LogP contribution in [0.1, 0.15) is 22.4 Å². The Kier molecular flexibility index (Phi) is 6.21. The van der Waals surface area contributed by atoms with Crippen molar-refractivity contribution in [2.75, 3.05) is 12.9 Å². The van der Waals surface area contributed by atoms with Gasteiger partial charge in [0, 0.05) is 12.2 Å². The van der Waals surface area contributed by atoms with Crippen molar-refractivity contribution in [3.05, 3.63) is 52.7 Å². The van der Waals surface area contributed by atoms with Crippen LogP contribution in [0.3, 0.4) is 0 Å². The zero-order chi connectivity index (χ0) is 17.5. The summed E-state index contributed by atoms with van der Waals surface area (Å²) in [6.07, 6.45) is 0. The van der Waals surface area contributed by atoms with Crippen LogP contribution in [0.4, 0.5) is 0 Å². The highest BCUT2D eigenvalue weighted by molar-refractivity contribution is 8.00. The summed E-state index contributed by atoms with van der Waals surface area (Å²) in [5.41, 5.74) is 3.22. The van der Waals surface area contributed by atoms with Crippen molar-refractivity contribution in [1.29, 1.82) is 5.26 Å². The lowest BCUT2D eigenvalue weighted by Gasteiger charge is -2.09. The number of ether oxygens (including phenoxy) is 1. The first-order chi connectivity index (χ1) is 11.5. The van der Waals surface area contributed by atoms with Gasteiger partial charge in [0.15, 0.2) is 0 Å². The van der Waals surface area contributed by atoms with Crippen LogP contribution in [0.2, 0.25) is 0 Å². The first-order valence-electron chi connectivity index (χ1n) is 7.44. The zero-order valence-corrected chi connectivity index (χ0v) is 14.7. The maximum atomic E-state index is 12.0. The largest absolute Gasteiger partial charge is 0.497 e. The third-order valence-corrected chi connectivity index (χ3v) is 4.36. The SMILES string of the molecule is COc1cccc(CNC(=O)CSc2nc(C)cc(C)c2C#N)c1. The van der Waals surface area contributed by atoms with Gasteiger partial charge in [-0.3, -0.25) is 4.79 Å². The number of nitrogens with one attached hydrogen (secondary N) is 1. The highest BCUT2D eigenvalue weighted by Gasteiger charge is 2.11. The Labute approximate surface area is 146 Å². The molecule has 1 aromatic carbocycles. The first-order valence-corrected chi connectivity index (χ1v) is 8.43. The number of rotatable bonds is 6. The van der Waals surface area contributed by atoms with E-state index in [-0.39, 0.29) is 11.7 Å². The Bertz CT molecular complexity index is 784. The number of hydrogen-bond donors (Lipinski definition) is 1. The Morgan fingerprint density at radius 1 is 1.38 bits per heavy atom. The molecule has 0 unspecified atom stereocenters. The summed E-state index contributed by atoms with van der Waals surface area (Å²) >= 11 is 1.28. The van der Waals surface area contributed by atoms with Crippen molar-refractivity contribution < 1.29 is 9.53 Å². The number of carbonyl (C=O) groups is 1. The molecule has 6 heteroatoms. The fraction of sp³-hybridized carbons (Fsp3) is 0.278. The number of nitriles is 1. The number of thioether (sulfide) groups is 1. The number of hydrogen-bond acceptors (Lipinski definition) is 5. The third-order valence-electron chi connectivity index (χ3n) is 3.39. The number of methoxy groups -OCH3 is 1. The molecule has 0 atom stereocenters. The van der Waals surface area contributed by atoms with Gasteiger partial charge in [-0.25, -0.2) is 4.98 Å². The molecule has 0 spiro atoms. The van der Waals surface area contributed by atoms with Crippen LogP contribution < -0.4 is 10.1 Å². The van der Waals surface area contributed by atoms with E-state index in [9.17, 15) is 10.1 Å². The smallest absolute Gasteiger partial charge is 0.230 e. The second kappa shape index (κ2) is 8.37. The highest BCUT2D eigenvalue weighted by Crippen LogP contribution is 2.23. The van der Waals surface area contributed by atoms with E-state index in [1.165, 1.54) is 11.8 Å². The molecular formula is C18H19N3O2S. The fourth-order valence-corrected chi connectivity index (χ4v) is 3.14. The molecule has 1 amide bonds. The summed E-state index contributed by atoms with van der Waals surface area (Å²) in [5, 5.41) is 12.7. The molecule has 1 N–H and O–H groups in total. The molecule has 2 aromatic rings. The number of aryl methyl sites for hydroxylation is 2. The van der Waals surface area contributed by atoms with Crippen molar-refractivity contribution in [3.63, 3.8) is 0 Å². The molecule has 0 radical (unpaired) electrons. The molecule has 0 bridgehead atoms. The molecule has 124 valence electrons. The van der Waals surface area contributed by atoms with Crippen LogP contribution in [0, 0.1) is 25.2 Å². The predicted molar refractivity (Wildman–Crippen MR) is 94.0 cm³/mol. The normalized spacial score (nSPS) is 10.1. The van der Waals surface area contributed by atoms with E-state index < -0.39 is 0 Å². The molecule has 24 heavy (non-hydrogen) atoms. The number of amides is 1. The van der Waals surface area contributed by atoms with Crippen LogP contribution in [0.15, 0.2) is 35.4 Å². The highest BCUT2D eigenvalue weighted by atomic mass is 32.2. The topological polar surface area (TPSA) is 75.0 Å². The molecule has 0 saturated carbocycles. The summed E-state index contributed by atoms with van der Waals surface area (Å²) in [5.74, 6) is 0.871. The summed E-state index contributed by atoms with van der Waals surface area (Å²) < 4.78 is 5.16. The van der Waals surface area contributed by atoms with E-state index in [0.717, 1.165) is 22.6 Å². The quantitative estimate of drug-likeness (QED) is 0.818. The molecule has 1 aromatic heterocycles. The standard InChI is InChI=1S/C18H19N3O2S/c1-12-7-13(2)21-18(16(12)9-19)24-11-17(22)20-10-14-5-4-6-15(8-14)23-3/h4-8H,10-11H2,1-3H3,(H,20,22). The fourth-order valence-electron chi connectivity index (χ4n) is 2.21. The number of benzene rings is 1. The molecule has 0 fully saturated rings. The summed E-state index contributed by atoms with van der Waals surface area (Å²) in [6, 6.07) is 11.6. The van der Waals surface area contributed by atoms with E-state index in [1.54, 1.807) is 7.11 Å². The van der Waals surface area contributed by atoms with Crippen LogP contribution in [-0.4, -0.2) is 23.8 Å². The number of carbonyl (C=O) groups excluding carboxylic acids is 1. The monoisotopic (exact) mass is 341 g/mol. The lowest BCUT2D eigenvalue weighted by Crippen LogP contribution is -2.24. The molecule has 5 nitrogen and oxygen atoms in total. The first kappa shape index (κ1) is 17.8. The summed E-state index contributed by atoms with van der Waals surface area (Å²) in [6.45, 7) is 4.18. The van der Waals surface area contributed by atoms with Gasteiger partial charge in [-0.05, 0) is 43.2 Å². The minimum Gasteiger partial charge on any atom is -0.497 e. The second-order valence-electron chi connectivity index (χ2n) is 5.29. The van der Waals surface area contributed by atoms with E-state index >= 15 is 0 Å². The van der Waals surface area contributed by atoms with Crippen molar-refractivity contribution >= 4 is 17.7 Å². The van der Waals surface area contributed by atoms with Gasteiger partial charge in [0.2, 0.25) is 5.91 Å². The molecule has 0 aliphatic carbocycles. The minimum atomic E-state index is -0.104. The maximum Gasteiger partial charge on any atom is 0.230 e. The van der Waals surface area contributed by atoms with E-state index in [2.05, 4.69) is 16.4 Å². The van der Waals surface area contributed by atoms with Crippen LogP contribution in [-0.2, 0) is 11.3 Å². The number of pyridine rings is 1.